The quantitative estimate of drug-likeness (QED) is 0.313. The Kier molecular flexibility index (Phi) is 2.31. The summed E-state index contributed by atoms with van der Waals surface area (Å²) in [6, 6.07) is 19.2. The van der Waals surface area contributed by atoms with Crippen molar-refractivity contribution >= 4 is 32.6 Å². The normalized spacial score (nSPS) is 11.5. The lowest BCUT2D eigenvalue weighted by atomic mass is 9.97. The van der Waals surface area contributed by atoms with Gasteiger partial charge >= 0.3 is 0 Å². The van der Waals surface area contributed by atoms with Crippen molar-refractivity contribution in [1.29, 1.82) is 0 Å². The van der Waals surface area contributed by atoms with E-state index in [1.54, 1.807) is 0 Å². The van der Waals surface area contributed by atoms with Crippen LogP contribution in [0, 0.1) is 13.8 Å². The largest absolute Gasteiger partial charge is 0.247 e. The fourth-order valence-electron chi connectivity index (χ4n) is 3.11. The first-order valence-electron chi connectivity index (χ1n) is 6.93. The van der Waals surface area contributed by atoms with E-state index in [4.69, 9.17) is 4.98 Å². The number of aromatic nitrogens is 1. The van der Waals surface area contributed by atoms with Crippen LogP contribution >= 0.6 is 0 Å². The van der Waals surface area contributed by atoms with Gasteiger partial charge in [-0.3, -0.25) is 0 Å². The number of fused-ring (bicyclic) bond motifs is 4. The van der Waals surface area contributed by atoms with Crippen LogP contribution in [-0.4, -0.2) is 4.98 Å². The zero-order valence-electron chi connectivity index (χ0n) is 11.6. The van der Waals surface area contributed by atoms with Crippen molar-refractivity contribution in [1.82, 2.24) is 4.98 Å². The Labute approximate surface area is 117 Å². The van der Waals surface area contributed by atoms with E-state index in [1.165, 1.54) is 32.7 Å². The average molecular weight is 257 g/mol. The van der Waals surface area contributed by atoms with Crippen LogP contribution in [0.25, 0.3) is 32.6 Å². The highest BCUT2D eigenvalue weighted by Gasteiger charge is 2.09. The summed E-state index contributed by atoms with van der Waals surface area (Å²) in [6.45, 7) is 4.33. The molecule has 3 aromatic carbocycles. The van der Waals surface area contributed by atoms with E-state index in [0.717, 1.165) is 11.0 Å². The van der Waals surface area contributed by atoms with E-state index in [9.17, 15) is 0 Å². The van der Waals surface area contributed by atoms with Gasteiger partial charge in [0.05, 0.1) is 11.0 Å². The number of aryl methyl sites for hydroxylation is 2. The molecule has 0 fully saturated rings. The Balaban J connectivity index is 2.33. The number of hydrogen-bond acceptors (Lipinski definition) is 1. The highest BCUT2D eigenvalue weighted by molar-refractivity contribution is 6.12. The third-order valence-corrected chi connectivity index (χ3v) is 4.16. The SMILES string of the molecule is Cc1cccc2c(C)c3c(ccc4ccccc43)nc12. The molecule has 20 heavy (non-hydrogen) atoms. The summed E-state index contributed by atoms with van der Waals surface area (Å²) in [5.74, 6) is 0. The standard InChI is InChI=1S/C19H15N/c1-12-6-5-9-15-13(2)18-16-8-4-3-7-14(16)10-11-17(18)20-19(12)15/h3-11H,1-2H3. The number of para-hydroxylation sites is 1. The molecule has 0 amide bonds. The van der Waals surface area contributed by atoms with Crippen LogP contribution in [-0.2, 0) is 0 Å². The maximum atomic E-state index is 4.89. The third-order valence-electron chi connectivity index (χ3n) is 4.16. The first-order valence-corrected chi connectivity index (χ1v) is 6.93. The Morgan fingerprint density at radius 1 is 0.750 bits per heavy atom. The summed E-state index contributed by atoms with van der Waals surface area (Å²) >= 11 is 0. The van der Waals surface area contributed by atoms with Crippen LogP contribution in [0.4, 0.5) is 0 Å². The van der Waals surface area contributed by atoms with Gasteiger partial charge in [0.15, 0.2) is 0 Å². The molecule has 1 heteroatoms. The van der Waals surface area contributed by atoms with Gasteiger partial charge < -0.3 is 0 Å². The van der Waals surface area contributed by atoms with Gasteiger partial charge in [-0.25, -0.2) is 4.98 Å². The van der Waals surface area contributed by atoms with E-state index in [0.29, 0.717) is 0 Å². The Morgan fingerprint density at radius 2 is 1.55 bits per heavy atom. The third kappa shape index (κ3) is 1.47. The molecule has 0 spiro atoms. The Hall–Kier alpha value is -2.41. The van der Waals surface area contributed by atoms with E-state index in [2.05, 4.69) is 68.4 Å². The minimum atomic E-state index is 1.09. The van der Waals surface area contributed by atoms with E-state index >= 15 is 0 Å². The maximum Gasteiger partial charge on any atom is 0.0741 e. The Bertz CT molecular complexity index is 967. The molecule has 0 aliphatic rings. The lowest BCUT2D eigenvalue weighted by Gasteiger charge is -2.11. The molecule has 0 atom stereocenters. The molecule has 0 aliphatic carbocycles. The molecular weight excluding hydrogens is 242 g/mol. The van der Waals surface area contributed by atoms with Crippen LogP contribution in [0.2, 0.25) is 0 Å². The molecular formula is C19H15N. The van der Waals surface area contributed by atoms with Crippen molar-refractivity contribution in [2.24, 2.45) is 0 Å². The molecule has 0 saturated carbocycles. The minimum absolute atomic E-state index is 1.09. The monoisotopic (exact) mass is 257 g/mol. The molecule has 96 valence electrons. The van der Waals surface area contributed by atoms with Crippen molar-refractivity contribution in [3.8, 4) is 0 Å². The number of pyridine rings is 1. The van der Waals surface area contributed by atoms with Crippen LogP contribution < -0.4 is 0 Å². The first kappa shape index (κ1) is 11.4. The second-order valence-corrected chi connectivity index (χ2v) is 5.39. The number of hydrogen-bond donors (Lipinski definition) is 0. The second-order valence-electron chi connectivity index (χ2n) is 5.39. The fraction of sp³-hybridized carbons (Fsp3) is 0.105. The van der Waals surface area contributed by atoms with Gasteiger partial charge in [-0.05, 0) is 41.8 Å². The zero-order chi connectivity index (χ0) is 13.7. The molecule has 0 unspecified atom stereocenters. The lowest BCUT2D eigenvalue weighted by Crippen LogP contribution is -1.91. The van der Waals surface area contributed by atoms with Crippen molar-refractivity contribution in [3.05, 3.63) is 65.7 Å². The van der Waals surface area contributed by atoms with Gasteiger partial charge in [0.25, 0.3) is 0 Å². The highest BCUT2D eigenvalue weighted by atomic mass is 14.7. The molecule has 1 aromatic heterocycles. The van der Waals surface area contributed by atoms with Crippen LogP contribution in [0.5, 0.6) is 0 Å². The van der Waals surface area contributed by atoms with Gasteiger partial charge in [0.2, 0.25) is 0 Å². The molecule has 4 rings (SSSR count). The van der Waals surface area contributed by atoms with Gasteiger partial charge in [0.1, 0.15) is 0 Å². The zero-order valence-corrected chi connectivity index (χ0v) is 11.6. The second kappa shape index (κ2) is 4.04. The number of rotatable bonds is 0. The van der Waals surface area contributed by atoms with Crippen LogP contribution in [0.1, 0.15) is 11.1 Å². The van der Waals surface area contributed by atoms with Crippen molar-refractivity contribution in [3.63, 3.8) is 0 Å². The summed E-state index contributed by atoms with van der Waals surface area (Å²) in [5, 5.41) is 5.10. The topological polar surface area (TPSA) is 12.9 Å². The van der Waals surface area contributed by atoms with Crippen LogP contribution in [0.3, 0.4) is 0 Å². The summed E-state index contributed by atoms with van der Waals surface area (Å²) in [5.41, 5.74) is 4.77. The summed E-state index contributed by atoms with van der Waals surface area (Å²) in [6.07, 6.45) is 0. The molecule has 0 N–H and O–H groups in total. The first-order chi connectivity index (χ1) is 9.75. The molecule has 0 radical (unpaired) electrons. The van der Waals surface area contributed by atoms with Crippen molar-refractivity contribution < 1.29 is 0 Å². The smallest absolute Gasteiger partial charge is 0.0741 e. The predicted molar refractivity (Wildman–Crippen MR) is 86.2 cm³/mol. The summed E-state index contributed by atoms with van der Waals surface area (Å²) in [7, 11) is 0. The van der Waals surface area contributed by atoms with Gasteiger partial charge in [-0.1, -0.05) is 48.5 Å². The number of nitrogens with zero attached hydrogens (tertiary/aromatic N) is 1. The van der Waals surface area contributed by atoms with Gasteiger partial charge in [0, 0.05) is 10.8 Å². The minimum Gasteiger partial charge on any atom is -0.247 e. The summed E-state index contributed by atoms with van der Waals surface area (Å²) in [4.78, 5) is 4.89. The van der Waals surface area contributed by atoms with Crippen molar-refractivity contribution in [2.75, 3.05) is 0 Å². The Morgan fingerprint density at radius 3 is 2.45 bits per heavy atom. The molecule has 0 bridgehead atoms. The molecule has 0 aliphatic heterocycles. The van der Waals surface area contributed by atoms with E-state index in [-0.39, 0.29) is 0 Å². The van der Waals surface area contributed by atoms with E-state index in [1.807, 2.05) is 0 Å². The van der Waals surface area contributed by atoms with Gasteiger partial charge in [-0.2, -0.15) is 0 Å². The van der Waals surface area contributed by atoms with Gasteiger partial charge in [-0.15, -0.1) is 0 Å². The number of benzene rings is 3. The fourth-order valence-corrected chi connectivity index (χ4v) is 3.11. The van der Waals surface area contributed by atoms with Crippen molar-refractivity contribution in [2.45, 2.75) is 13.8 Å². The van der Waals surface area contributed by atoms with E-state index < -0.39 is 0 Å². The molecule has 1 heterocycles. The average Bonchev–Trinajstić information content (AvgIpc) is 2.48. The molecule has 0 saturated heterocycles. The predicted octanol–water partition coefficient (Wildman–Crippen LogP) is 5.16. The maximum absolute atomic E-state index is 4.89. The summed E-state index contributed by atoms with van der Waals surface area (Å²) < 4.78 is 0. The molecule has 1 nitrogen and oxygen atoms in total. The lowest BCUT2D eigenvalue weighted by molar-refractivity contribution is 1.40. The van der Waals surface area contributed by atoms with Crippen LogP contribution in [0.15, 0.2) is 54.6 Å². The molecule has 4 aromatic rings. The highest BCUT2D eigenvalue weighted by Crippen LogP contribution is 2.32.